The van der Waals surface area contributed by atoms with Crippen LogP contribution in [0.3, 0.4) is 0 Å². The van der Waals surface area contributed by atoms with Crippen LogP contribution in [0.1, 0.15) is 39.5 Å². The zero-order chi connectivity index (χ0) is 9.31. The molecule has 2 heteroatoms. The van der Waals surface area contributed by atoms with E-state index in [-0.39, 0.29) is 0 Å². The predicted molar refractivity (Wildman–Crippen MR) is 55.7 cm³/mol. The normalized spacial score (nSPS) is 29.1. The van der Waals surface area contributed by atoms with Crippen molar-refractivity contribution >= 4 is 0 Å². The smallest absolute Gasteiger partial charge is 0.0738 e. The van der Waals surface area contributed by atoms with E-state index in [9.17, 15) is 0 Å². The van der Waals surface area contributed by atoms with Gasteiger partial charge in [0, 0.05) is 0 Å². The molecule has 0 aliphatic carbocycles. The van der Waals surface area contributed by atoms with Crippen LogP contribution in [-0.2, 0) is 0 Å². The highest BCUT2D eigenvalue weighted by Crippen LogP contribution is 2.40. The summed E-state index contributed by atoms with van der Waals surface area (Å²) in [5, 5.41) is 0. The summed E-state index contributed by atoms with van der Waals surface area (Å²) in [6, 6.07) is 0. The maximum atomic E-state index is 2.70. The molecule has 2 fully saturated rings. The lowest BCUT2D eigenvalue weighted by atomic mass is 10.0. The molecule has 0 saturated carbocycles. The van der Waals surface area contributed by atoms with Crippen LogP contribution < -0.4 is 0 Å². The molecule has 0 bridgehead atoms. The molecule has 0 aromatic heterocycles. The van der Waals surface area contributed by atoms with Crippen molar-refractivity contribution in [3.05, 3.63) is 0 Å². The molecule has 2 aliphatic heterocycles. The Balaban J connectivity index is 2.16. The second kappa shape index (κ2) is 3.58. The Morgan fingerprint density at radius 1 is 0.923 bits per heavy atom. The lowest BCUT2D eigenvalue weighted by molar-refractivity contribution is 0.00810. The Morgan fingerprint density at radius 3 is 1.77 bits per heavy atom. The molecule has 0 atom stereocenters. The third-order valence-electron chi connectivity index (χ3n) is 3.95. The van der Waals surface area contributed by atoms with Gasteiger partial charge in [-0.05, 0) is 51.9 Å². The maximum Gasteiger partial charge on any atom is 0.0738 e. The number of nitrogens with zero attached hydrogens (tertiary/aromatic N) is 2. The Labute approximate surface area is 81.9 Å². The fourth-order valence-electron chi connectivity index (χ4n) is 3.38. The van der Waals surface area contributed by atoms with E-state index >= 15 is 0 Å². The highest BCUT2D eigenvalue weighted by molar-refractivity contribution is 4.98. The molecular weight excluding hydrogens is 160 g/mol. The zero-order valence-electron chi connectivity index (χ0n) is 9.05. The minimum Gasteiger partial charge on any atom is -0.286 e. The molecule has 13 heavy (non-hydrogen) atoms. The third kappa shape index (κ3) is 1.31. The van der Waals surface area contributed by atoms with E-state index in [0.29, 0.717) is 5.66 Å². The summed E-state index contributed by atoms with van der Waals surface area (Å²) in [5.41, 5.74) is 0.490. The first-order chi connectivity index (χ1) is 6.33. The molecule has 0 aromatic rings. The van der Waals surface area contributed by atoms with Crippen LogP contribution in [0.15, 0.2) is 0 Å². The van der Waals surface area contributed by atoms with Crippen molar-refractivity contribution in [2.24, 2.45) is 0 Å². The van der Waals surface area contributed by atoms with Gasteiger partial charge in [-0.3, -0.25) is 9.80 Å². The van der Waals surface area contributed by atoms with Crippen LogP contribution >= 0.6 is 0 Å². The first-order valence-electron chi connectivity index (χ1n) is 5.83. The molecule has 0 amide bonds. The molecule has 76 valence electrons. The predicted octanol–water partition coefficient (Wildman–Crippen LogP) is 1.91. The van der Waals surface area contributed by atoms with Gasteiger partial charge in [0.05, 0.1) is 5.66 Å². The highest BCUT2D eigenvalue weighted by Gasteiger charge is 2.46. The average Bonchev–Trinajstić information content (AvgIpc) is 2.74. The second-order valence-electron chi connectivity index (χ2n) is 4.35. The minimum atomic E-state index is 0.490. The Bertz CT molecular complexity index is 159. The van der Waals surface area contributed by atoms with Gasteiger partial charge in [-0.2, -0.15) is 0 Å². The van der Waals surface area contributed by atoms with Gasteiger partial charge in [0.25, 0.3) is 0 Å². The van der Waals surface area contributed by atoms with E-state index in [4.69, 9.17) is 0 Å². The Hall–Kier alpha value is -0.0800. The molecule has 2 heterocycles. The van der Waals surface area contributed by atoms with Gasteiger partial charge < -0.3 is 0 Å². The summed E-state index contributed by atoms with van der Waals surface area (Å²) in [7, 11) is 0. The number of hydrogen-bond acceptors (Lipinski definition) is 2. The molecule has 0 aromatic carbocycles. The summed E-state index contributed by atoms with van der Waals surface area (Å²) >= 11 is 0. The Kier molecular flexibility index (Phi) is 2.61. The van der Waals surface area contributed by atoms with Gasteiger partial charge in [0.15, 0.2) is 0 Å². The van der Waals surface area contributed by atoms with Crippen LogP contribution in [0.4, 0.5) is 0 Å². The minimum absolute atomic E-state index is 0.490. The quantitative estimate of drug-likeness (QED) is 0.643. The molecular formula is C11H22N2. The molecule has 2 rings (SSSR count). The number of rotatable bonds is 2. The van der Waals surface area contributed by atoms with Gasteiger partial charge in [-0.1, -0.05) is 13.8 Å². The van der Waals surface area contributed by atoms with Crippen LogP contribution in [0, 0.1) is 0 Å². The van der Waals surface area contributed by atoms with Gasteiger partial charge in [-0.15, -0.1) is 0 Å². The first-order valence-corrected chi connectivity index (χ1v) is 5.83. The Morgan fingerprint density at radius 2 is 1.38 bits per heavy atom. The van der Waals surface area contributed by atoms with Crippen LogP contribution in [0.25, 0.3) is 0 Å². The summed E-state index contributed by atoms with van der Waals surface area (Å²) in [6.45, 7) is 9.73. The van der Waals surface area contributed by atoms with Crippen LogP contribution in [0.5, 0.6) is 0 Å². The molecule has 2 aliphatic rings. The van der Waals surface area contributed by atoms with Crippen molar-refractivity contribution in [1.82, 2.24) is 9.80 Å². The van der Waals surface area contributed by atoms with E-state index in [1.165, 1.54) is 51.9 Å². The average molecular weight is 182 g/mol. The van der Waals surface area contributed by atoms with Gasteiger partial charge >= 0.3 is 0 Å². The zero-order valence-corrected chi connectivity index (χ0v) is 9.05. The SMILES string of the molecule is CCN1CCCC12CCCN2CC. The van der Waals surface area contributed by atoms with Crippen molar-refractivity contribution in [3.63, 3.8) is 0 Å². The second-order valence-corrected chi connectivity index (χ2v) is 4.35. The highest BCUT2D eigenvalue weighted by atomic mass is 15.4. The molecule has 0 N–H and O–H groups in total. The third-order valence-corrected chi connectivity index (χ3v) is 3.95. The maximum absolute atomic E-state index is 2.70. The van der Waals surface area contributed by atoms with Gasteiger partial charge in [0.1, 0.15) is 0 Å². The molecule has 1 spiro atoms. The largest absolute Gasteiger partial charge is 0.286 e. The van der Waals surface area contributed by atoms with Gasteiger partial charge in [-0.25, -0.2) is 0 Å². The van der Waals surface area contributed by atoms with Gasteiger partial charge in [0.2, 0.25) is 0 Å². The number of hydrogen-bond donors (Lipinski definition) is 0. The topological polar surface area (TPSA) is 6.48 Å². The summed E-state index contributed by atoms with van der Waals surface area (Å²) in [6.07, 6.45) is 5.64. The fraction of sp³-hybridized carbons (Fsp3) is 1.00. The standard InChI is InChI=1S/C11H22N2/c1-3-12-9-5-7-11(12)8-6-10-13(11)4-2/h3-10H2,1-2H3. The fourth-order valence-corrected chi connectivity index (χ4v) is 3.38. The van der Waals surface area contributed by atoms with E-state index < -0.39 is 0 Å². The van der Waals surface area contributed by atoms with Crippen molar-refractivity contribution in [2.75, 3.05) is 26.2 Å². The molecule has 0 radical (unpaired) electrons. The van der Waals surface area contributed by atoms with Crippen molar-refractivity contribution in [1.29, 1.82) is 0 Å². The van der Waals surface area contributed by atoms with E-state index in [2.05, 4.69) is 23.6 Å². The van der Waals surface area contributed by atoms with E-state index in [0.717, 1.165) is 0 Å². The van der Waals surface area contributed by atoms with Crippen LogP contribution in [0.2, 0.25) is 0 Å². The summed E-state index contributed by atoms with van der Waals surface area (Å²) < 4.78 is 0. The summed E-state index contributed by atoms with van der Waals surface area (Å²) in [5.74, 6) is 0. The van der Waals surface area contributed by atoms with E-state index in [1.54, 1.807) is 0 Å². The van der Waals surface area contributed by atoms with Crippen molar-refractivity contribution < 1.29 is 0 Å². The monoisotopic (exact) mass is 182 g/mol. The molecule has 0 unspecified atom stereocenters. The van der Waals surface area contributed by atoms with Crippen molar-refractivity contribution in [3.8, 4) is 0 Å². The van der Waals surface area contributed by atoms with E-state index in [1.807, 2.05) is 0 Å². The summed E-state index contributed by atoms with van der Waals surface area (Å²) in [4.78, 5) is 5.40. The lowest BCUT2D eigenvalue weighted by Crippen LogP contribution is -2.53. The van der Waals surface area contributed by atoms with Crippen LogP contribution in [-0.4, -0.2) is 41.6 Å². The number of likely N-dealkylation sites (tertiary alicyclic amines) is 2. The van der Waals surface area contributed by atoms with Crippen molar-refractivity contribution in [2.45, 2.75) is 45.2 Å². The first kappa shape index (κ1) is 9.47. The lowest BCUT2D eigenvalue weighted by Gasteiger charge is -2.41. The molecule has 2 saturated heterocycles. The molecule has 2 nitrogen and oxygen atoms in total.